The van der Waals surface area contributed by atoms with Crippen LogP contribution in [0.1, 0.15) is 26.3 Å². The maximum atomic E-state index is 12.9. The van der Waals surface area contributed by atoms with Gasteiger partial charge in [-0.05, 0) is 54.1 Å². The van der Waals surface area contributed by atoms with E-state index >= 15 is 0 Å². The number of nitrogens with zero attached hydrogens (tertiary/aromatic N) is 1. The highest BCUT2D eigenvalue weighted by Gasteiger charge is 2.09. The van der Waals surface area contributed by atoms with Crippen molar-refractivity contribution >= 4 is 39.6 Å². The van der Waals surface area contributed by atoms with Gasteiger partial charge in [0.1, 0.15) is 5.82 Å². The summed E-state index contributed by atoms with van der Waals surface area (Å²) in [6, 6.07) is 19.2. The van der Waals surface area contributed by atoms with Crippen LogP contribution in [-0.2, 0) is 0 Å². The third kappa shape index (κ3) is 5.34. The molecule has 0 saturated heterocycles. The van der Waals surface area contributed by atoms with E-state index in [2.05, 4.69) is 31.8 Å². The van der Waals surface area contributed by atoms with E-state index in [9.17, 15) is 14.0 Å². The second kappa shape index (κ2) is 9.05. The molecule has 0 radical (unpaired) electrons. The van der Waals surface area contributed by atoms with Crippen molar-refractivity contribution in [2.45, 2.75) is 0 Å². The van der Waals surface area contributed by atoms with Gasteiger partial charge in [0.2, 0.25) is 0 Å². The fraction of sp³-hybridized carbons (Fsp3) is 0. The predicted octanol–water partition coefficient (Wildman–Crippen LogP) is 4.60. The number of rotatable bonds is 5. The molecule has 3 rings (SSSR count). The van der Waals surface area contributed by atoms with Gasteiger partial charge in [-0.25, -0.2) is 9.82 Å². The highest BCUT2D eigenvalue weighted by Crippen LogP contribution is 2.15. The van der Waals surface area contributed by atoms with Crippen molar-refractivity contribution in [2.75, 3.05) is 5.32 Å². The molecule has 3 aromatic rings. The van der Waals surface area contributed by atoms with Gasteiger partial charge >= 0.3 is 0 Å². The summed E-state index contributed by atoms with van der Waals surface area (Å²) in [5, 5.41) is 6.61. The fourth-order valence-electron chi connectivity index (χ4n) is 2.35. The van der Waals surface area contributed by atoms with Crippen LogP contribution < -0.4 is 10.7 Å². The third-order valence-electron chi connectivity index (χ3n) is 3.72. The lowest BCUT2D eigenvalue weighted by molar-refractivity contribution is 0.0953. The third-order valence-corrected chi connectivity index (χ3v) is 4.21. The summed E-state index contributed by atoms with van der Waals surface area (Å²) in [6.07, 6.45) is 1.41. The van der Waals surface area contributed by atoms with Gasteiger partial charge in [0, 0.05) is 21.3 Å². The maximum Gasteiger partial charge on any atom is 0.271 e. The normalized spacial score (nSPS) is 10.6. The summed E-state index contributed by atoms with van der Waals surface area (Å²) in [6.45, 7) is 0. The minimum absolute atomic E-state index is 0.284. The van der Waals surface area contributed by atoms with E-state index in [4.69, 9.17) is 0 Å². The Morgan fingerprint density at radius 1 is 0.893 bits per heavy atom. The number of carbonyl (C=O) groups is 2. The molecule has 0 aromatic heterocycles. The van der Waals surface area contributed by atoms with Crippen molar-refractivity contribution in [1.29, 1.82) is 0 Å². The van der Waals surface area contributed by atoms with Crippen molar-refractivity contribution in [3.8, 4) is 0 Å². The van der Waals surface area contributed by atoms with E-state index in [0.29, 0.717) is 22.4 Å². The van der Waals surface area contributed by atoms with E-state index in [1.54, 1.807) is 54.6 Å². The van der Waals surface area contributed by atoms with Crippen molar-refractivity contribution in [1.82, 2.24) is 5.43 Å². The van der Waals surface area contributed by atoms with E-state index in [0.717, 1.165) is 4.47 Å². The van der Waals surface area contributed by atoms with Crippen LogP contribution in [0.3, 0.4) is 0 Å². The molecule has 0 aliphatic heterocycles. The van der Waals surface area contributed by atoms with Crippen LogP contribution in [0.25, 0.3) is 0 Å². The predicted molar refractivity (Wildman–Crippen MR) is 110 cm³/mol. The minimum Gasteiger partial charge on any atom is -0.322 e. The highest BCUT2D eigenvalue weighted by atomic mass is 79.9. The van der Waals surface area contributed by atoms with Crippen molar-refractivity contribution in [3.05, 3.63) is 99.8 Å². The molecule has 3 aromatic carbocycles. The Labute approximate surface area is 169 Å². The summed E-state index contributed by atoms with van der Waals surface area (Å²) in [7, 11) is 0. The van der Waals surface area contributed by atoms with Crippen molar-refractivity contribution in [2.24, 2.45) is 5.10 Å². The van der Waals surface area contributed by atoms with E-state index in [1.165, 1.54) is 18.3 Å². The van der Waals surface area contributed by atoms with Gasteiger partial charge in [0.25, 0.3) is 11.8 Å². The van der Waals surface area contributed by atoms with Gasteiger partial charge in [-0.3, -0.25) is 9.59 Å². The lowest BCUT2D eigenvalue weighted by atomic mass is 10.1. The Kier molecular flexibility index (Phi) is 6.29. The first-order chi connectivity index (χ1) is 13.5. The summed E-state index contributed by atoms with van der Waals surface area (Å²) in [4.78, 5) is 24.6. The first kappa shape index (κ1) is 19.4. The summed E-state index contributed by atoms with van der Waals surface area (Å²) < 4.78 is 13.7. The molecule has 0 aliphatic rings. The van der Waals surface area contributed by atoms with E-state index < -0.39 is 5.91 Å². The molecule has 0 heterocycles. The highest BCUT2D eigenvalue weighted by molar-refractivity contribution is 9.10. The van der Waals surface area contributed by atoms with Crippen LogP contribution in [0.4, 0.5) is 10.1 Å². The average molecular weight is 440 g/mol. The molecular weight excluding hydrogens is 425 g/mol. The molecule has 0 spiro atoms. The number of hydrogen-bond acceptors (Lipinski definition) is 3. The number of hydrogen-bond donors (Lipinski definition) is 2. The molecule has 2 N–H and O–H groups in total. The zero-order valence-corrected chi connectivity index (χ0v) is 16.1. The Bertz CT molecular complexity index is 1040. The van der Waals surface area contributed by atoms with Crippen molar-refractivity contribution in [3.63, 3.8) is 0 Å². The van der Waals surface area contributed by atoms with Crippen LogP contribution >= 0.6 is 15.9 Å². The smallest absolute Gasteiger partial charge is 0.271 e. The van der Waals surface area contributed by atoms with Gasteiger partial charge in [0.15, 0.2) is 0 Å². The number of halogens is 2. The Morgan fingerprint density at radius 3 is 2.29 bits per heavy atom. The second-order valence-corrected chi connectivity index (χ2v) is 6.71. The topological polar surface area (TPSA) is 70.6 Å². The molecular formula is C21H15BrFN3O2. The maximum absolute atomic E-state index is 12.9. The SMILES string of the molecule is O=C(N/N=C\c1ccc(F)cc1)c1cccc(NC(=O)c2cccc(Br)c2)c1. The molecule has 140 valence electrons. The number of anilines is 1. The molecule has 0 atom stereocenters. The molecule has 5 nitrogen and oxygen atoms in total. The van der Waals surface area contributed by atoms with Crippen LogP contribution in [-0.4, -0.2) is 18.0 Å². The zero-order valence-electron chi connectivity index (χ0n) is 14.5. The summed E-state index contributed by atoms with van der Waals surface area (Å²) >= 11 is 3.33. The number of nitrogens with one attached hydrogen (secondary N) is 2. The molecule has 0 bridgehead atoms. The molecule has 2 amide bonds. The molecule has 28 heavy (non-hydrogen) atoms. The zero-order chi connectivity index (χ0) is 19.9. The lowest BCUT2D eigenvalue weighted by Gasteiger charge is -2.07. The number of amides is 2. The first-order valence-electron chi connectivity index (χ1n) is 8.27. The quantitative estimate of drug-likeness (QED) is 0.450. The number of carbonyl (C=O) groups excluding carboxylic acids is 2. The standard InChI is InChI=1S/C21H15BrFN3O2/c22-17-5-1-3-15(11-17)20(27)25-19-6-2-4-16(12-19)21(28)26-24-13-14-7-9-18(23)10-8-14/h1-13H,(H,25,27)(H,26,28)/b24-13-. The average Bonchev–Trinajstić information content (AvgIpc) is 2.69. The Morgan fingerprint density at radius 2 is 1.57 bits per heavy atom. The van der Waals surface area contributed by atoms with Crippen LogP contribution in [0.5, 0.6) is 0 Å². The van der Waals surface area contributed by atoms with Gasteiger partial charge in [-0.1, -0.05) is 40.2 Å². The van der Waals surface area contributed by atoms with E-state index in [1.807, 2.05) is 6.07 Å². The summed E-state index contributed by atoms with van der Waals surface area (Å²) in [5.41, 5.74) is 4.37. The molecule has 0 fully saturated rings. The van der Waals surface area contributed by atoms with Gasteiger partial charge < -0.3 is 5.32 Å². The van der Waals surface area contributed by atoms with Crippen LogP contribution in [0, 0.1) is 5.82 Å². The fourth-order valence-corrected chi connectivity index (χ4v) is 2.75. The largest absolute Gasteiger partial charge is 0.322 e. The molecule has 0 aliphatic carbocycles. The number of hydrazone groups is 1. The number of benzene rings is 3. The van der Waals surface area contributed by atoms with Gasteiger partial charge in [-0.2, -0.15) is 5.10 Å². The van der Waals surface area contributed by atoms with Crippen LogP contribution in [0.2, 0.25) is 0 Å². The Hall–Kier alpha value is -3.32. The summed E-state index contributed by atoms with van der Waals surface area (Å²) in [5.74, 6) is -1.06. The first-order valence-corrected chi connectivity index (χ1v) is 9.06. The van der Waals surface area contributed by atoms with Crippen molar-refractivity contribution < 1.29 is 14.0 Å². The molecule has 7 heteroatoms. The van der Waals surface area contributed by atoms with E-state index in [-0.39, 0.29) is 11.7 Å². The monoisotopic (exact) mass is 439 g/mol. The van der Waals surface area contributed by atoms with Gasteiger partial charge in [-0.15, -0.1) is 0 Å². The lowest BCUT2D eigenvalue weighted by Crippen LogP contribution is -2.18. The minimum atomic E-state index is -0.433. The van der Waals surface area contributed by atoms with Crippen LogP contribution in [0.15, 0.2) is 82.4 Å². The Balaban J connectivity index is 1.64. The molecule has 0 saturated carbocycles. The van der Waals surface area contributed by atoms with Gasteiger partial charge in [0.05, 0.1) is 6.21 Å². The second-order valence-electron chi connectivity index (χ2n) is 5.80. The molecule has 0 unspecified atom stereocenters.